The van der Waals surface area contributed by atoms with Gasteiger partial charge in [0, 0.05) is 0 Å². The molecule has 0 radical (unpaired) electrons. The Kier molecular flexibility index (Phi) is 12.2. The number of Topliss-reactive ketones (excluding diaryl/α,β-unsaturated/α-hetero) is 1. The van der Waals surface area contributed by atoms with Crippen molar-refractivity contribution in [2.24, 2.45) is 0 Å². The Morgan fingerprint density at radius 1 is 0.571 bits per heavy atom. The highest BCUT2D eigenvalue weighted by atomic mass is 19.4. The molecule has 0 aliphatic heterocycles. The maximum atomic E-state index is 12.0. The molecule has 0 aromatic heterocycles. The first kappa shape index (κ1) is 36.0. The first-order chi connectivity index (χ1) is 19.0. The molecule has 2 aromatic rings. The minimum atomic E-state index is -4.68. The van der Waals surface area contributed by atoms with Crippen molar-refractivity contribution in [3.63, 3.8) is 0 Å². The molecular formula is C23H18F12O7. The zero-order valence-electron chi connectivity index (χ0n) is 20.7. The van der Waals surface area contributed by atoms with Crippen LogP contribution < -0.4 is 18.9 Å². The molecule has 2 aromatic carbocycles. The van der Waals surface area contributed by atoms with E-state index in [4.69, 9.17) is 5.11 Å². The van der Waals surface area contributed by atoms with Crippen LogP contribution in [0.25, 0.3) is 0 Å². The van der Waals surface area contributed by atoms with E-state index in [1.807, 2.05) is 0 Å². The molecule has 0 heterocycles. The summed E-state index contributed by atoms with van der Waals surface area (Å²) in [6, 6.07) is 5.17. The minimum absolute atomic E-state index is 0.293. The van der Waals surface area contributed by atoms with Gasteiger partial charge in [0.2, 0.25) is 0 Å². The number of carbonyl (C=O) groups is 2. The molecule has 0 unspecified atom stereocenters. The summed E-state index contributed by atoms with van der Waals surface area (Å²) in [6.07, 6.45) is -18.5. The summed E-state index contributed by atoms with van der Waals surface area (Å²) in [4.78, 5) is 22.2. The third-order valence-electron chi connectivity index (χ3n) is 4.10. The Hall–Kier alpha value is -4.06. The van der Waals surface area contributed by atoms with Crippen LogP contribution in [-0.2, 0) is 0 Å². The fourth-order valence-corrected chi connectivity index (χ4v) is 2.54. The van der Waals surface area contributed by atoms with Gasteiger partial charge in [-0.1, -0.05) is 0 Å². The van der Waals surface area contributed by atoms with Crippen LogP contribution in [0.2, 0.25) is 0 Å². The summed E-state index contributed by atoms with van der Waals surface area (Å²) >= 11 is 0. The normalized spacial score (nSPS) is 12.1. The van der Waals surface area contributed by atoms with E-state index in [1.54, 1.807) is 0 Å². The highest BCUT2D eigenvalue weighted by Gasteiger charge is 2.32. The number of carbonyl (C=O) groups excluding carboxylic acids is 1. The lowest BCUT2D eigenvalue weighted by Gasteiger charge is -2.14. The van der Waals surface area contributed by atoms with Gasteiger partial charge in [-0.2, -0.15) is 52.7 Å². The summed E-state index contributed by atoms with van der Waals surface area (Å²) < 4.78 is 161. The number of carboxylic acids is 1. The number of hydrogen-bond donors (Lipinski definition) is 1. The molecule has 7 nitrogen and oxygen atoms in total. The van der Waals surface area contributed by atoms with Crippen molar-refractivity contribution in [1.29, 1.82) is 0 Å². The highest BCUT2D eigenvalue weighted by Crippen LogP contribution is 2.29. The number of aromatic carboxylic acids is 1. The molecule has 0 amide bonds. The number of ether oxygens (including phenoxy) is 4. The van der Waals surface area contributed by atoms with Gasteiger partial charge in [-0.25, -0.2) is 4.79 Å². The lowest BCUT2D eigenvalue weighted by molar-refractivity contribution is -0.154. The zero-order valence-corrected chi connectivity index (χ0v) is 20.7. The molecule has 0 saturated carbocycles. The van der Waals surface area contributed by atoms with E-state index < -0.39 is 79.9 Å². The smallest absolute Gasteiger partial charge is 0.422 e. The number of carboxylic acid groups (broad SMARTS) is 1. The Labute approximate surface area is 227 Å². The van der Waals surface area contributed by atoms with E-state index in [1.165, 1.54) is 0 Å². The number of alkyl halides is 12. The average Bonchev–Trinajstić information content (AvgIpc) is 2.82. The summed E-state index contributed by atoms with van der Waals surface area (Å²) in [6.45, 7) is -5.53. The molecule has 19 heteroatoms. The van der Waals surface area contributed by atoms with Gasteiger partial charge in [0.15, 0.2) is 32.2 Å². The van der Waals surface area contributed by atoms with Gasteiger partial charge in [0.25, 0.3) is 0 Å². The first-order valence-corrected chi connectivity index (χ1v) is 10.8. The monoisotopic (exact) mass is 634 g/mol. The molecule has 0 aliphatic carbocycles. The van der Waals surface area contributed by atoms with Crippen molar-refractivity contribution in [3.8, 4) is 23.0 Å². The molecule has 42 heavy (non-hydrogen) atoms. The second kappa shape index (κ2) is 14.2. The van der Waals surface area contributed by atoms with Crippen molar-refractivity contribution >= 4 is 11.8 Å². The van der Waals surface area contributed by atoms with E-state index in [9.17, 15) is 62.3 Å². The van der Waals surface area contributed by atoms with Crippen LogP contribution in [0.15, 0.2) is 36.4 Å². The fraction of sp³-hybridized carbons (Fsp3) is 0.391. The molecule has 2 rings (SSSR count). The Morgan fingerprint density at radius 3 is 1.19 bits per heavy atom. The summed E-state index contributed by atoms with van der Waals surface area (Å²) in [5.41, 5.74) is -1.03. The fourth-order valence-electron chi connectivity index (χ4n) is 2.54. The van der Waals surface area contributed by atoms with Crippen LogP contribution in [0.4, 0.5) is 52.7 Å². The lowest BCUT2D eigenvalue weighted by atomic mass is 10.1. The largest absolute Gasteiger partial charge is 0.484 e. The first-order valence-electron chi connectivity index (χ1n) is 10.8. The third-order valence-corrected chi connectivity index (χ3v) is 4.10. The molecule has 0 saturated heterocycles. The van der Waals surface area contributed by atoms with Crippen LogP contribution >= 0.6 is 0 Å². The van der Waals surface area contributed by atoms with Crippen molar-refractivity contribution in [3.05, 3.63) is 47.5 Å². The lowest BCUT2D eigenvalue weighted by Crippen LogP contribution is -2.21. The van der Waals surface area contributed by atoms with Crippen molar-refractivity contribution < 1.29 is 86.3 Å². The summed E-state index contributed by atoms with van der Waals surface area (Å²) in [5.74, 6) is -4.08. The molecule has 236 valence electrons. The molecule has 1 N–H and O–H groups in total. The standard InChI is InChI=1S/C12H10F6O3.C11H8F6O4/c1-7(19)9-4-8(20-5-11(13,14)15)2-3-10(9)21-6-12(16,17)18;12-10(13,14)4-20-6-1-2-8(7(3-6)9(18)19)21-5-11(15,16)17/h2-4H,5-6H2,1H3;1-3H,4-5H2,(H,18,19). The van der Waals surface area contributed by atoms with Crippen LogP contribution in [0.3, 0.4) is 0 Å². The van der Waals surface area contributed by atoms with Gasteiger partial charge in [-0.05, 0) is 43.3 Å². The zero-order chi connectivity index (χ0) is 32.5. The second-order valence-corrected chi connectivity index (χ2v) is 7.79. The number of ketones is 1. The number of hydrogen-bond acceptors (Lipinski definition) is 6. The van der Waals surface area contributed by atoms with E-state index in [2.05, 4.69) is 18.9 Å². The van der Waals surface area contributed by atoms with Crippen molar-refractivity contribution in [2.75, 3.05) is 26.4 Å². The van der Waals surface area contributed by atoms with Crippen molar-refractivity contribution in [2.45, 2.75) is 31.6 Å². The van der Waals surface area contributed by atoms with Gasteiger partial charge in [-0.3, -0.25) is 4.79 Å². The predicted octanol–water partition coefficient (Wildman–Crippen LogP) is 7.04. The Balaban J connectivity index is 0.000000420. The molecule has 0 atom stereocenters. The third kappa shape index (κ3) is 15.1. The maximum absolute atomic E-state index is 12.0. The predicted molar refractivity (Wildman–Crippen MR) is 116 cm³/mol. The number of rotatable bonds is 10. The molecule has 0 fully saturated rings. The summed E-state index contributed by atoms with van der Waals surface area (Å²) in [7, 11) is 0. The van der Waals surface area contributed by atoms with Gasteiger partial charge < -0.3 is 24.1 Å². The van der Waals surface area contributed by atoms with Gasteiger partial charge in [0.1, 0.15) is 28.6 Å². The quantitative estimate of drug-likeness (QED) is 0.222. The van der Waals surface area contributed by atoms with Crippen LogP contribution in [0.5, 0.6) is 23.0 Å². The average molecular weight is 634 g/mol. The molecule has 0 spiro atoms. The van der Waals surface area contributed by atoms with Crippen LogP contribution in [-0.4, -0.2) is 68.0 Å². The maximum Gasteiger partial charge on any atom is 0.422 e. The van der Waals surface area contributed by atoms with Crippen LogP contribution in [0.1, 0.15) is 27.6 Å². The molecule has 0 aliphatic rings. The molecular weight excluding hydrogens is 616 g/mol. The Bertz CT molecular complexity index is 1110. The topological polar surface area (TPSA) is 91.3 Å². The van der Waals surface area contributed by atoms with Crippen molar-refractivity contribution in [1.82, 2.24) is 0 Å². The van der Waals surface area contributed by atoms with E-state index in [-0.39, 0.29) is 17.1 Å². The van der Waals surface area contributed by atoms with E-state index in [0.717, 1.165) is 37.3 Å². The number of benzene rings is 2. The second-order valence-electron chi connectivity index (χ2n) is 7.79. The van der Waals surface area contributed by atoms with Gasteiger partial charge in [0.05, 0.1) is 5.56 Å². The molecule has 0 bridgehead atoms. The SMILES string of the molecule is CC(=O)c1cc(OCC(F)(F)F)ccc1OCC(F)(F)F.O=C(O)c1cc(OCC(F)(F)F)ccc1OCC(F)(F)F. The Morgan fingerprint density at radius 2 is 0.881 bits per heavy atom. The highest BCUT2D eigenvalue weighted by molar-refractivity contribution is 5.97. The van der Waals surface area contributed by atoms with E-state index in [0.29, 0.717) is 6.07 Å². The summed E-state index contributed by atoms with van der Waals surface area (Å²) in [5, 5.41) is 8.81. The van der Waals surface area contributed by atoms with E-state index >= 15 is 0 Å². The number of halogens is 12. The van der Waals surface area contributed by atoms with Gasteiger partial charge in [-0.15, -0.1) is 0 Å². The van der Waals surface area contributed by atoms with Gasteiger partial charge >= 0.3 is 30.7 Å². The van der Waals surface area contributed by atoms with Crippen LogP contribution in [0, 0.1) is 0 Å². The minimum Gasteiger partial charge on any atom is -0.484 e.